The minimum atomic E-state index is -1.09. The highest BCUT2D eigenvalue weighted by atomic mass is 16.5. The van der Waals surface area contributed by atoms with Crippen molar-refractivity contribution in [3.63, 3.8) is 0 Å². The highest BCUT2D eigenvalue weighted by Gasteiger charge is 2.12. The zero-order valence-electron chi connectivity index (χ0n) is 8.93. The maximum Gasteiger partial charge on any atom is 0.337 e. The minimum absolute atomic E-state index is 0.0165. The lowest BCUT2D eigenvalue weighted by Gasteiger charge is -2.10. The Kier molecular flexibility index (Phi) is 3.96. The van der Waals surface area contributed by atoms with Gasteiger partial charge in [0.05, 0.1) is 17.4 Å². The molecule has 0 aromatic carbocycles. The van der Waals surface area contributed by atoms with E-state index >= 15 is 0 Å². The Morgan fingerprint density at radius 2 is 2.19 bits per heavy atom. The fourth-order valence-electron chi connectivity index (χ4n) is 0.976. The van der Waals surface area contributed by atoms with Gasteiger partial charge in [0, 0.05) is 13.3 Å². The van der Waals surface area contributed by atoms with Crippen molar-refractivity contribution >= 4 is 17.6 Å². The predicted molar refractivity (Wildman–Crippen MR) is 56.3 cm³/mol. The number of aromatic carboxylic acids is 1. The third kappa shape index (κ3) is 3.03. The first-order valence-corrected chi connectivity index (χ1v) is 4.56. The van der Waals surface area contributed by atoms with E-state index in [1.54, 1.807) is 6.92 Å². The summed E-state index contributed by atoms with van der Waals surface area (Å²) >= 11 is 0. The Balaban J connectivity index is 2.78. The van der Waals surface area contributed by atoms with E-state index in [1.807, 2.05) is 0 Å². The van der Waals surface area contributed by atoms with Crippen LogP contribution in [0.15, 0.2) is 18.5 Å². The van der Waals surface area contributed by atoms with E-state index in [2.05, 4.69) is 10.3 Å². The summed E-state index contributed by atoms with van der Waals surface area (Å²) in [6.45, 7) is 1.59. The van der Waals surface area contributed by atoms with Crippen LogP contribution in [0.25, 0.3) is 0 Å². The summed E-state index contributed by atoms with van der Waals surface area (Å²) in [5.41, 5.74) is 0.344. The van der Waals surface area contributed by atoms with Crippen LogP contribution in [0, 0.1) is 0 Å². The molecule has 1 unspecified atom stereocenters. The topological polar surface area (TPSA) is 88.5 Å². The molecular formula is C10H12N2O4. The largest absolute Gasteiger partial charge is 0.478 e. The molecule has 1 atom stereocenters. The minimum Gasteiger partial charge on any atom is -0.478 e. The molecule has 6 nitrogen and oxygen atoms in total. The molecule has 0 saturated heterocycles. The first kappa shape index (κ1) is 12.1. The van der Waals surface area contributed by atoms with E-state index in [9.17, 15) is 9.59 Å². The lowest BCUT2D eigenvalue weighted by atomic mass is 10.2. The van der Waals surface area contributed by atoms with Gasteiger partial charge in [-0.15, -0.1) is 0 Å². The van der Waals surface area contributed by atoms with Gasteiger partial charge in [-0.25, -0.2) is 4.79 Å². The first-order valence-electron chi connectivity index (χ1n) is 4.56. The van der Waals surface area contributed by atoms with Gasteiger partial charge in [0.1, 0.15) is 6.10 Å². The van der Waals surface area contributed by atoms with E-state index in [0.29, 0.717) is 5.69 Å². The highest BCUT2D eigenvalue weighted by Crippen LogP contribution is 2.09. The van der Waals surface area contributed by atoms with Crippen LogP contribution in [0.4, 0.5) is 5.69 Å². The zero-order valence-corrected chi connectivity index (χ0v) is 8.93. The van der Waals surface area contributed by atoms with Crippen LogP contribution >= 0.6 is 0 Å². The summed E-state index contributed by atoms with van der Waals surface area (Å²) in [7, 11) is 1.41. The van der Waals surface area contributed by atoms with Gasteiger partial charge in [-0.3, -0.25) is 9.78 Å². The van der Waals surface area contributed by atoms with Crippen LogP contribution < -0.4 is 5.32 Å². The van der Waals surface area contributed by atoms with E-state index in [4.69, 9.17) is 9.84 Å². The Bertz CT molecular complexity index is 406. The second-order valence-corrected chi connectivity index (χ2v) is 3.13. The van der Waals surface area contributed by atoms with E-state index in [-0.39, 0.29) is 11.5 Å². The maximum atomic E-state index is 11.4. The van der Waals surface area contributed by atoms with E-state index < -0.39 is 12.1 Å². The fraction of sp³-hybridized carbons (Fsp3) is 0.300. The molecule has 0 spiro atoms. The second kappa shape index (κ2) is 5.22. The molecule has 1 rings (SSSR count). The SMILES string of the molecule is COC(C)C(=O)Nc1cncc(C(=O)O)c1. The molecular weight excluding hydrogens is 212 g/mol. The molecule has 0 aliphatic rings. The Labute approximate surface area is 92.3 Å². The summed E-state index contributed by atoms with van der Waals surface area (Å²) in [6.07, 6.45) is 1.97. The number of anilines is 1. The molecule has 86 valence electrons. The number of nitrogens with one attached hydrogen (secondary N) is 1. The molecule has 1 amide bonds. The van der Waals surface area contributed by atoms with E-state index in [1.165, 1.54) is 25.6 Å². The molecule has 0 fully saturated rings. The number of amides is 1. The number of carbonyl (C=O) groups excluding carboxylic acids is 1. The molecule has 0 radical (unpaired) electrons. The van der Waals surface area contributed by atoms with Gasteiger partial charge >= 0.3 is 5.97 Å². The summed E-state index contributed by atoms with van der Waals surface area (Å²) < 4.78 is 4.81. The van der Waals surface area contributed by atoms with Gasteiger partial charge < -0.3 is 15.2 Å². The number of hydrogen-bond acceptors (Lipinski definition) is 4. The number of carboxylic acid groups (broad SMARTS) is 1. The molecule has 0 aliphatic carbocycles. The van der Waals surface area contributed by atoms with Gasteiger partial charge in [0.2, 0.25) is 0 Å². The number of pyridine rings is 1. The quantitative estimate of drug-likeness (QED) is 0.787. The molecule has 0 saturated carbocycles. The number of nitrogens with zero attached hydrogens (tertiary/aromatic N) is 1. The van der Waals surface area contributed by atoms with Crippen molar-refractivity contribution in [1.82, 2.24) is 4.98 Å². The van der Waals surface area contributed by atoms with Crippen LogP contribution in [0.1, 0.15) is 17.3 Å². The molecule has 0 aliphatic heterocycles. The fourth-order valence-corrected chi connectivity index (χ4v) is 0.976. The Morgan fingerprint density at radius 1 is 1.50 bits per heavy atom. The van der Waals surface area contributed by atoms with Gasteiger partial charge in [-0.05, 0) is 13.0 Å². The average Bonchev–Trinajstić information content (AvgIpc) is 2.28. The molecule has 1 aromatic heterocycles. The highest BCUT2D eigenvalue weighted by molar-refractivity contribution is 5.95. The van der Waals surface area contributed by atoms with E-state index in [0.717, 1.165) is 0 Å². The van der Waals surface area contributed by atoms with Crippen LogP contribution in [-0.4, -0.2) is 35.2 Å². The summed E-state index contributed by atoms with van der Waals surface area (Å²) in [6, 6.07) is 1.33. The Hall–Kier alpha value is -1.95. The molecule has 16 heavy (non-hydrogen) atoms. The molecule has 6 heteroatoms. The normalized spacial score (nSPS) is 11.9. The lowest BCUT2D eigenvalue weighted by Crippen LogP contribution is -2.26. The third-order valence-electron chi connectivity index (χ3n) is 1.98. The van der Waals surface area contributed by atoms with Gasteiger partial charge in [-0.1, -0.05) is 0 Å². The Morgan fingerprint density at radius 3 is 2.75 bits per heavy atom. The number of hydrogen-bond donors (Lipinski definition) is 2. The van der Waals surface area contributed by atoms with Crippen molar-refractivity contribution in [3.8, 4) is 0 Å². The standard InChI is InChI=1S/C10H12N2O4/c1-6(16-2)9(13)12-8-3-7(10(14)15)4-11-5-8/h3-6H,1-2H3,(H,12,13)(H,14,15). The average molecular weight is 224 g/mol. The van der Waals surface area contributed by atoms with Crippen molar-refractivity contribution in [2.24, 2.45) is 0 Å². The summed E-state index contributed by atoms with van der Waals surface area (Å²) in [5.74, 6) is -1.45. The number of rotatable bonds is 4. The van der Waals surface area contributed by atoms with Gasteiger partial charge in [0.15, 0.2) is 0 Å². The van der Waals surface area contributed by atoms with Crippen molar-refractivity contribution in [3.05, 3.63) is 24.0 Å². The number of aromatic nitrogens is 1. The van der Waals surface area contributed by atoms with Crippen molar-refractivity contribution < 1.29 is 19.4 Å². The predicted octanol–water partition coefficient (Wildman–Crippen LogP) is 0.753. The van der Waals surface area contributed by atoms with Crippen LogP contribution in [-0.2, 0) is 9.53 Å². The number of carboxylic acids is 1. The molecule has 1 heterocycles. The molecule has 2 N–H and O–H groups in total. The second-order valence-electron chi connectivity index (χ2n) is 3.13. The lowest BCUT2D eigenvalue weighted by molar-refractivity contribution is -0.124. The van der Waals surface area contributed by atoms with Crippen molar-refractivity contribution in [1.29, 1.82) is 0 Å². The van der Waals surface area contributed by atoms with Crippen LogP contribution in [0.2, 0.25) is 0 Å². The summed E-state index contributed by atoms with van der Waals surface area (Å²) in [4.78, 5) is 25.8. The monoisotopic (exact) mass is 224 g/mol. The number of methoxy groups -OCH3 is 1. The zero-order chi connectivity index (χ0) is 12.1. The summed E-state index contributed by atoms with van der Waals surface area (Å²) in [5, 5.41) is 11.2. The number of carbonyl (C=O) groups is 2. The first-order chi connectivity index (χ1) is 7.54. The third-order valence-corrected chi connectivity index (χ3v) is 1.98. The van der Waals surface area contributed by atoms with Gasteiger partial charge in [-0.2, -0.15) is 0 Å². The van der Waals surface area contributed by atoms with Crippen molar-refractivity contribution in [2.75, 3.05) is 12.4 Å². The number of ether oxygens (including phenoxy) is 1. The molecule has 1 aromatic rings. The smallest absolute Gasteiger partial charge is 0.337 e. The van der Waals surface area contributed by atoms with Crippen LogP contribution in [0.5, 0.6) is 0 Å². The van der Waals surface area contributed by atoms with Crippen molar-refractivity contribution in [2.45, 2.75) is 13.0 Å². The van der Waals surface area contributed by atoms with Gasteiger partial charge in [0.25, 0.3) is 5.91 Å². The molecule has 0 bridgehead atoms. The van der Waals surface area contributed by atoms with Crippen LogP contribution in [0.3, 0.4) is 0 Å². The maximum absolute atomic E-state index is 11.4.